The van der Waals surface area contributed by atoms with Crippen molar-refractivity contribution in [2.75, 3.05) is 0 Å². The monoisotopic (exact) mass is 219 g/mol. The van der Waals surface area contributed by atoms with Crippen LogP contribution in [-0.2, 0) is 17.8 Å². The lowest BCUT2D eigenvalue weighted by Gasteiger charge is -2.11. The number of rotatable bonds is 5. The first-order valence-corrected chi connectivity index (χ1v) is 4.35. The lowest BCUT2D eigenvalue weighted by molar-refractivity contribution is -0.137. The molecule has 0 spiro atoms. The number of carboxylic acids is 1. The summed E-state index contributed by atoms with van der Waals surface area (Å²) in [5.41, 5.74) is 0. The highest BCUT2D eigenvalue weighted by Crippen LogP contribution is 2.15. The van der Waals surface area contributed by atoms with Crippen molar-refractivity contribution in [2.24, 2.45) is 0 Å². The number of aryl methyl sites for hydroxylation is 1. The van der Waals surface area contributed by atoms with Crippen LogP contribution >= 0.6 is 0 Å². The summed E-state index contributed by atoms with van der Waals surface area (Å²) in [6.07, 6.45) is 1.10. The van der Waals surface area contributed by atoms with Gasteiger partial charge in [-0.1, -0.05) is 0 Å². The van der Waals surface area contributed by atoms with Crippen molar-refractivity contribution in [3.8, 4) is 0 Å². The van der Waals surface area contributed by atoms with E-state index < -0.39 is 18.4 Å². The Morgan fingerprint density at radius 2 is 2.33 bits per heavy atom. The molecule has 1 heterocycles. The summed E-state index contributed by atoms with van der Waals surface area (Å²) in [7, 11) is 0. The van der Waals surface area contributed by atoms with Crippen LogP contribution in [0.25, 0.3) is 0 Å². The molecule has 15 heavy (non-hydrogen) atoms. The van der Waals surface area contributed by atoms with Gasteiger partial charge in [-0.05, 0) is 0 Å². The van der Waals surface area contributed by atoms with Gasteiger partial charge in [-0.15, -0.1) is 0 Å². The molecule has 0 aliphatic rings. The highest BCUT2D eigenvalue weighted by Gasteiger charge is 2.23. The Balaban J connectivity index is 2.65. The smallest absolute Gasteiger partial charge is 0.303 e. The fraction of sp³-hybridized carbons (Fsp3) is 0.625. The summed E-state index contributed by atoms with van der Waals surface area (Å²) < 4.78 is 26.3. The fourth-order valence-electron chi connectivity index (χ4n) is 1.10. The molecule has 1 aromatic rings. The molecule has 0 saturated heterocycles. The Morgan fingerprint density at radius 1 is 1.67 bits per heavy atom. The maximum atomic E-state index is 12.7. The Labute approximate surface area is 84.7 Å². The largest absolute Gasteiger partial charge is 0.481 e. The van der Waals surface area contributed by atoms with E-state index in [-0.39, 0.29) is 18.7 Å². The Kier molecular flexibility index (Phi) is 3.33. The third-order valence-electron chi connectivity index (χ3n) is 1.69. The minimum atomic E-state index is -2.88. The maximum absolute atomic E-state index is 12.7. The van der Waals surface area contributed by atoms with Gasteiger partial charge < -0.3 is 5.11 Å². The summed E-state index contributed by atoms with van der Waals surface area (Å²) in [6, 6.07) is 0. The van der Waals surface area contributed by atoms with Gasteiger partial charge in [0.2, 0.25) is 0 Å². The Morgan fingerprint density at radius 3 is 2.87 bits per heavy atom. The maximum Gasteiger partial charge on any atom is 0.303 e. The first-order chi connectivity index (χ1) is 6.88. The van der Waals surface area contributed by atoms with E-state index in [1.165, 1.54) is 0 Å². The van der Waals surface area contributed by atoms with E-state index in [0.717, 1.165) is 17.9 Å². The quantitative estimate of drug-likeness (QED) is 0.800. The topological polar surface area (TPSA) is 68.0 Å². The molecule has 0 aromatic carbocycles. The first kappa shape index (κ1) is 11.5. The second-order valence-corrected chi connectivity index (χ2v) is 3.30. The number of hydrogen-bond acceptors (Lipinski definition) is 3. The number of carbonyl (C=O) groups is 1. The number of nitrogens with zero attached hydrogens (tertiary/aromatic N) is 3. The Bertz CT molecular complexity index is 346. The molecule has 0 radical (unpaired) electrons. The number of aliphatic carboxylic acids is 1. The van der Waals surface area contributed by atoms with Crippen LogP contribution in [0, 0.1) is 0 Å². The second-order valence-electron chi connectivity index (χ2n) is 3.30. The lowest BCUT2D eigenvalue weighted by Crippen LogP contribution is -2.22. The van der Waals surface area contributed by atoms with Gasteiger partial charge in [0, 0.05) is 13.3 Å². The molecule has 1 rings (SSSR count). The van der Waals surface area contributed by atoms with Gasteiger partial charge in [0.25, 0.3) is 5.92 Å². The van der Waals surface area contributed by atoms with E-state index in [0.29, 0.717) is 0 Å². The van der Waals surface area contributed by atoms with Crippen LogP contribution in [0.3, 0.4) is 0 Å². The molecule has 84 valence electrons. The van der Waals surface area contributed by atoms with Crippen molar-refractivity contribution in [1.29, 1.82) is 0 Å². The van der Waals surface area contributed by atoms with Crippen LogP contribution in [0.5, 0.6) is 0 Å². The zero-order valence-corrected chi connectivity index (χ0v) is 8.15. The predicted octanol–water partition coefficient (Wildman–Crippen LogP) is 0.951. The molecule has 0 fully saturated rings. The minimum Gasteiger partial charge on any atom is -0.481 e. The molecule has 5 nitrogen and oxygen atoms in total. The van der Waals surface area contributed by atoms with Crippen LogP contribution < -0.4 is 0 Å². The molecule has 0 unspecified atom stereocenters. The predicted molar refractivity (Wildman–Crippen MR) is 46.6 cm³/mol. The standard InChI is InChI=1S/C8H11F2N3O2/c1-8(9,10)4-13-6(11-5-12-13)2-3-7(14)15/h5H,2-4H2,1H3,(H,14,15). The summed E-state index contributed by atoms with van der Waals surface area (Å²) >= 11 is 0. The average Bonchev–Trinajstić information content (AvgIpc) is 2.45. The second kappa shape index (κ2) is 4.33. The molecule has 7 heteroatoms. The van der Waals surface area contributed by atoms with E-state index in [9.17, 15) is 13.6 Å². The highest BCUT2D eigenvalue weighted by atomic mass is 19.3. The lowest BCUT2D eigenvalue weighted by atomic mass is 10.3. The van der Waals surface area contributed by atoms with E-state index in [1.807, 2.05) is 0 Å². The number of aromatic nitrogens is 3. The van der Waals surface area contributed by atoms with Gasteiger partial charge in [0.05, 0.1) is 6.42 Å². The van der Waals surface area contributed by atoms with Crippen molar-refractivity contribution in [3.05, 3.63) is 12.2 Å². The van der Waals surface area contributed by atoms with Gasteiger partial charge in [-0.25, -0.2) is 18.4 Å². The molecular weight excluding hydrogens is 208 g/mol. The van der Waals surface area contributed by atoms with Crippen molar-refractivity contribution in [2.45, 2.75) is 32.2 Å². The normalized spacial score (nSPS) is 11.7. The zero-order chi connectivity index (χ0) is 11.5. The van der Waals surface area contributed by atoms with E-state index in [4.69, 9.17) is 5.11 Å². The molecule has 1 N–H and O–H groups in total. The van der Waals surface area contributed by atoms with Gasteiger partial charge in [0.1, 0.15) is 18.7 Å². The molecule has 0 aliphatic heterocycles. The van der Waals surface area contributed by atoms with Crippen LogP contribution in [0.4, 0.5) is 8.78 Å². The fourth-order valence-corrected chi connectivity index (χ4v) is 1.10. The highest BCUT2D eigenvalue weighted by molar-refractivity contribution is 5.66. The summed E-state index contributed by atoms with van der Waals surface area (Å²) in [4.78, 5) is 14.0. The third kappa shape index (κ3) is 4.01. The van der Waals surface area contributed by atoms with Crippen molar-refractivity contribution >= 4 is 5.97 Å². The molecule has 0 bridgehead atoms. The number of carboxylic acid groups (broad SMARTS) is 1. The van der Waals surface area contributed by atoms with Gasteiger partial charge in [-0.3, -0.25) is 4.79 Å². The van der Waals surface area contributed by atoms with Crippen molar-refractivity contribution < 1.29 is 18.7 Å². The summed E-state index contributed by atoms with van der Waals surface area (Å²) in [5, 5.41) is 12.0. The third-order valence-corrected chi connectivity index (χ3v) is 1.69. The van der Waals surface area contributed by atoms with E-state index in [1.54, 1.807) is 0 Å². The average molecular weight is 219 g/mol. The molecule has 0 amide bonds. The van der Waals surface area contributed by atoms with E-state index >= 15 is 0 Å². The molecule has 1 aromatic heterocycles. The minimum absolute atomic E-state index is 0.103. The van der Waals surface area contributed by atoms with Crippen molar-refractivity contribution in [1.82, 2.24) is 14.8 Å². The molecule has 0 atom stereocenters. The number of halogens is 2. The van der Waals surface area contributed by atoms with Crippen LogP contribution in [0.1, 0.15) is 19.2 Å². The molecular formula is C8H11F2N3O2. The number of alkyl halides is 2. The van der Waals surface area contributed by atoms with Crippen LogP contribution in [-0.4, -0.2) is 31.8 Å². The van der Waals surface area contributed by atoms with E-state index in [2.05, 4.69) is 10.1 Å². The van der Waals surface area contributed by atoms with Crippen molar-refractivity contribution in [3.63, 3.8) is 0 Å². The first-order valence-electron chi connectivity index (χ1n) is 4.35. The van der Waals surface area contributed by atoms with Crippen LogP contribution in [0.15, 0.2) is 6.33 Å². The van der Waals surface area contributed by atoms with Gasteiger partial charge >= 0.3 is 5.97 Å². The molecule has 0 aliphatic carbocycles. The zero-order valence-electron chi connectivity index (χ0n) is 8.15. The van der Waals surface area contributed by atoms with Crippen LogP contribution in [0.2, 0.25) is 0 Å². The van der Waals surface area contributed by atoms with Gasteiger partial charge in [-0.2, -0.15) is 5.10 Å². The van der Waals surface area contributed by atoms with Gasteiger partial charge in [0.15, 0.2) is 0 Å². The Hall–Kier alpha value is -1.53. The SMILES string of the molecule is CC(F)(F)Cn1ncnc1CCC(=O)O. The summed E-state index contributed by atoms with van der Waals surface area (Å²) in [5.74, 6) is -3.61. The molecule has 0 saturated carbocycles. The summed E-state index contributed by atoms with van der Waals surface area (Å²) in [6.45, 7) is 0.192. The number of hydrogen-bond donors (Lipinski definition) is 1.